The number of nitrogens with one attached hydrogen (secondary N) is 1. The second kappa shape index (κ2) is 10.5. The van der Waals surface area contributed by atoms with Crippen LogP contribution < -0.4 is 5.32 Å². The maximum Gasteiger partial charge on any atom is 0.238 e. The Morgan fingerprint density at radius 2 is 1.89 bits per heavy atom. The molecule has 0 saturated heterocycles. The van der Waals surface area contributed by atoms with Crippen LogP contribution >= 0.6 is 8.58 Å². The third kappa shape index (κ3) is 7.81. The molecule has 2 atom stereocenters. The van der Waals surface area contributed by atoms with E-state index in [1.54, 1.807) is 0 Å². The molecule has 2 unspecified atom stereocenters. The molecule has 3 nitrogen and oxygen atoms in total. The van der Waals surface area contributed by atoms with E-state index in [1.807, 2.05) is 13.8 Å². The summed E-state index contributed by atoms with van der Waals surface area (Å²) in [5.74, 6) is 0.435. The van der Waals surface area contributed by atoms with Crippen LogP contribution in [-0.4, -0.2) is 23.6 Å². The fourth-order valence-corrected chi connectivity index (χ4v) is 3.46. The summed E-state index contributed by atoms with van der Waals surface area (Å²) in [6, 6.07) is -0.290. The molecule has 4 heteroatoms. The molecule has 0 spiro atoms. The van der Waals surface area contributed by atoms with Crippen molar-refractivity contribution in [3.63, 3.8) is 0 Å². The molecule has 1 fully saturated rings. The van der Waals surface area contributed by atoms with E-state index in [4.69, 9.17) is 0 Å². The molecule has 0 heterocycles. The van der Waals surface area contributed by atoms with Crippen LogP contribution in [0.1, 0.15) is 59.8 Å². The lowest BCUT2D eigenvalue weighted by Gasteiger charge is -2.16. The number of carbonyl (C=O) groups is 2. The number of aldehydes is 1. The van der Waals surface area contributed by atoms with Gasteiger partial charge >= 0.3 is 0 Å². The van der Waals surface area contributed by atoms with Crippen LogP contribution in [0.3, 0.4) is 0 Å². The van der Waals surface area contributed by atoms with Crippen molar-refractivity contribution < 1.29 is 9.59 Å². The van der Waals surface area contributed by atoms with Crippen LogP contribution in [-0.2, 0) is 4.79 Å². The van der Waals surface area contributed by atoms with E-state index in [0.29, 0.717) is 20.2 Å². The van der Waals surface area contributed by atoms with Gasteiger partial charge in [-0.3, -0.25) is 4.79 Å². The summed E-state index contributed by atoms with van der Waals surface area (Å²) < 4.78 is 0. The van der Waals surface area contributed by atoms with Crippen LogP contribution in [0, 0.1) is 5.92 Å². The summed E-state index contributed by atoms with van der Waals surface area (Å²) in [5, 5.41) is 2.83. The summed E-state index contributed by atoms with van der Waals surface area (Å²) in [6.45, 7) is 8.11. The molecule has 106 valence electrons. The standard InChI is InChI=1S/C12H22NO2P.C2H6/c1-9(2)7-10(8-14)13-12(15)16-11-5-3-4-6-11;1-2/h8-11,16H,3-7H2,1-2H3,(H,13,15);1-2H3. The van der Waals surface area contributed by atoms with Gasteiger partial charge in [0.15, 0.2) is 0 Å². The lowest BCUT2D eigenvalue weighted by molar-refractivity contribution is -0.109. The highest BCUT2D eigenvalue weighted by Crippen LogP contribution is 2.34. The van der Waals surface area contributed by atoms with Crippen LogP contribution in [0.2, 0.25) is 0 Å². The second-order valence-electron chi connectivity index (χ2n) is 4.97. The minimum Gasteiger partial charge on any atom is -0.343 e. The largest absolute Gasteiger partial charge is 0.343 e. The van der Waals surface area contributed by atoms with Crippen molar-refractivity contribution in [2.24, 2.45) is 5.92 Å². The molecule has 0 aromatic heterocycles. The van der Waals surface area contributed by atoms with Crippen molar-refractivity contribution in [1.29, 1.82) is 0 Å². The molecule has 0 aliphatic heterocycles. The molecular weight excluding hydrogens is 245 g/mol. The minimum absolute atomic E-state index is 0.0738. The van der Waals surface area contributed by atoms with Crippen LogP contribution in [0.4, 0.5) is 4.79 Å². The molecule has 1 saturated carbocycles. The smallest absolute Gasteiger partial charge is 0.238 e. The lowest BCUT2D eigenvalue weighted by Crippen LogP contribution is -2.34. The zero-order valence-electron chi connectivity index (χ0n) is 12.2. The molecular formula is C14H28NO2P. The van der Waals surface area contributed by atoms with Gasteiger partial charge in [-0.1, -0.05) is 40.5 Å². The Morgan fingerprint density at radius 1 is 1.33 bits per heavy atom. The average Bonchev–Trinajstić information content (AvgIpc) is 2.82. The van der Waals surface area contributed by atoms with Crippen molar-refractivity contribution in [1.82, 2.24) is 5.32 Å². The van der Waals surface area contributed by atoms with E-state index in [2.05, 4.69) is 19.2 Å². The van der Waals surface area contributed by atoms with Gasteiger partial charge < -0.3 is 10.1 Å². The molecule has 18 heavy (non-hydrogen) atoms. The van der Waals surface area contributed by atoms with Gasteiger partial charge in [0.1, 0.15) is 6.29 Å². The van der Waals surface area contributed by atoms with Gasteiger partial charge in [0, 0.05) is 0 Å². The van der Waals surface area contributed by atoms with Gasteiger partial charge in [0.2, 0.25) is 5.65 Å². The highest BCUT2D eigenvalue weighted by Gasteiger charge is 2.20. The summed E-state index contributed by atoms with van der Waals surface area (Å²) in [4.78, 5) is 22.5. The quantitative estimate of drug-likeness (QED) is 0.588. The summed E-state index contributed by atoms with van der Waals surface area (Å²) in [6.07, 6.45) is 6.48. The Kier molecular flexibility index (Phi) is 10.2. The number of hydrogen-bond acceptors (Lipinski definition) is 2. The summed E-state index contributed by atoms with van der Waals surface area (Å²) >= 11 is 0. The number of rotatable bonds is 6. The van der Waals surface area contributed by atoms with Gasteiger partial charge in [0.05, 0.1) is 6.04 Å². The molecule has 1 rings (SSSR count). The third-order valence-corrected chi connectivity index (χ3v) is 4.29. The van der Waals surface area contributed by atoms with Crippen molar-refractivity contribution in [2.75, 3.05) is 0 Å². The highest BCUT2D eigenvalue weighted by molar-refractivity contribution is 7.58. The number of hydrogen-bond donors (Lipinski definition) is 1. The molecule has 0 bridgehead atoms. The highest BCUT2D eigenvalue weighted by atomic mass is 31.1. The van der Waals surface area contributed by atoms with E-state index in [-0.39, 0.29) is 11.7 Å². The van der Waals surface area contributed by atoms with Gasteiger partial charge in [-0.2, -0.15) is 0 Å². The maximum atomic E-state index is 11.7. The third-order valence-electron chi connectivity index (χ3n) is 2.90. The Bertz CT molecular complexity index is 238. The summed E-state index contributed by atoms with van der Waals surface area (Å²) in [5.41, 5.74) is 0.649. The van der Waals surface area contributed by atoms with Gasteiger partial charge in [-0.15, -0.1) is 0 Å². The molecule has 0 aromatic rings. The topological polar surface area (TPSA) is 46.2 Å². The first-order chi connectivity index (χ1) is 8.61. The SMILES string of the molecule is CC.CC(C)CC(C=O)NC(=O)PC1CCCC1. The van der Waals surface area contributed by atoms with Gasteiger partial charge in [0.25, 0.3) is 0 Å². The first-order valence-corrected chi connectivity index (χ1v) is 8.22. The zero-order valence-corrected chi connectivity index (χ0v) is 13.2. The lowest BCUT2D eigenvalue weighted by atomic mass is 10.1. The fourth-order valence-electron chi connectivity index (χ4n) is 2.12. The molecule has 1 N–H and O–H groups in total. The van der Waals surface area contributed by atoms with Crippen molar-refractivity contribution in [2.45, 2.75) is 71.5 Å². The van der Waals surface area contributed by atoms with E-state index >= 15 is 0 Å². The zero-order chi connectivity index (χ0) is 14.0. The first-order valence-electron chi connectivity index (χ1n) is 7.14. The van der Waals surface area contributed by atoms with Crippen molar-refractivity contribution in [3.05, 3.63) is 0 Å². The second-order valence-corrected chi connectivity index (χ2v) is 6.53. The van der Waals surface area contributed by atoms with E-state index < -0.39 is 0 Å². The Hall–Kier alpha value is -0.430. The van der Waals surface area contributed by atoms with E-state index in [1.165, 1.54) is 25.7 Å². The van der Waals surface area contributed by atoms with Crippen LogP contribution in [0.15, 0.2) is 0 Å². The summed E-state index contributed by atoms with van der Waals surface area (Å²) in [7, 11) is 0.343. The first kappa shape index (κ1) is 17.6. The van der Waals surface area contributed by atoms with E-state index in [0.717, 1.165) is 12.7 Å². The monoisotopic (exact) mass is 273 g/mol. The van der Waals surface area contributed by atoms with Gasteiger partial charge in [-0.05, 0) is 39.4 Å². The normalized spacial score (nSPS) is 17.6. The van der Waals surface area contributed by atoms with Gasteiger partial charge in [-0.25, -0.2) is 0 Å². The Morgan fingerprint density at radius 3 is 2.33 bits per heavy atom. The maximum absolute atomic E-state index is 11.7. The number of amides is 1. The average molecular weight is 273 g/mol. The van der Waals surface area contributed by atoms with Crippen molar-refractivity contribution in [3.8, 4) is 0 Å². The molecule has 1 amide bonds. The minimum atomic E-state index is -0.290. The molecule has 0 radical (unpaired) electrons. The van der Waals surface area contributed by atoms with Crippen LogP contribution in [0.5, 0.6) is 0 Å². The molecule has 0 aromatic carbocycles. The predicted molar refractivity (Wildman–Crippen MR) is 79.8 cm³/mol. The van der Waals surface area contributed by atoms with E-state index in [9.17, 15) is 9.59 Å². The Labute approximate surface area is 113 Å². The fraction of sp³-hybridized carbons (Fsp3) is 0.857. The van der Waals surface area contributed by atoms with Crippen molar-refractivity contribution >= 4 is 20.5 Å². The predicted octanol–water partition coefficient (Wildman–Crippen LogP) is 3.96. The van der Waals surface area contributed by atoms with Crippen LogP contribution in [0.25, 0.3) is 0 Å². The Balaban J connectivity index is 0.00000137. The number of carbonyl (C=O) groups excluding carboxylic acids is 2. The molecule has 1 aliphatic carbocycles. The molecule has 1 aliphatic rings.